The van der Waals surface area contributed by atoms with E-state index < -0.39 is 0 Å². The smallest absolute Gasteiger partial charge is 0.156 e. The van der Waals surface area contributed by atoms with Crippen LogP contribution in [-0.4, -0.2) is 10.5 Å². The van der Waals surface area contributed by atoms with Crippen molar-refractivity contribution in [3.63, 3.8) is 0 Å². The molecule has 1 atom stereocenters. The van der Waals surface area contributed by atoms with Crippen LogP contribution in [0.15, 0.2) is 121 Å². The van der Waals surface area contributed by atoms with Crippen LogP contribution in [0.1, 0.15) is 30.0 Å². The van der Waals surface area contributed by atoms with Crippen molar-refractivity contribution >= 4 is 28.2 Å². The average Bonchev–Trinajstić information content (AvgIpc) is 3.01. The van der Waals surface area contributed by atoms with E-state index in [4.69, 9.17) is 12.2 Å². The van der Waals surface area contributed by atoms with Crippen molar-refractivity contribution < 1.29 is 4.57 Å². The van der Waals surface area contributed by atoms with Crippen molar-refractivity contribution in [3.05, 3.63) is 133 Å². The van der Waals surface area contributed by atoms with E-state index >= 15 is 0 Å². The Hall–Kier alpha value is -3.53. The van der Waals surface area contributed by atoms with E-state index in [2.05, 4.69) is 132 Å². The second-order valence-corrected chi connectivity index (χ2v) is 11.3. The topological polar surface area (TPSA) is 3.88 Å². The minimum Gasteiger partial charge on any atom is -0.156 e. The van der Waals surface area contributed by atoms with Gasteiger partial charge in [0.1, 0.15) is 0 Å². The van der Waals surface area contributed by atoms with Crippen LogP contribution in [0.5, 0.6) is 0 Å². The zero-order valence-corrected chi connectivity index (χ0v) is 23.1. The number of benzene rings is 4. The van der Waals surface area contributed by atoms with Crippen LogP contribution in [0.4, 0.5) is 0 Å². The fourth-order valence-corrected chi connectivity index (χ4v) is 6.46. The van der Waals surface area contributed by atoms with Crippen LogP contribution in [0.3, 0.4) is 0 Å². The van der Waals surface area contributed by atoms with Crippen molar-refractivity contribution in [2.45, 2.75) is 25.2 Å². The Morgan fingerprint density at radius 3 is 1.87 bits per heavy atom. The summed E-state index contributed by atoms with van der Waals surface area (Å²) in [5.74, 6) is 0.226. The molecule has 186 valence electrons. The molecule has 0 bridgehead atoms. The molecule has 3 heteroatoms. The van der Waals surface area contributed by atoms with Crippen molar-refractivity contribution in [2.24, 2.45) is 0 Å². The molecule has 0 saturated carbocycles. The maximum absolute atomic E-state index is 6.02. The Kier molecular flexibility index (Phi) is 7.22. The first-order chi connectivity index (χ1) is 18.7. The summed E-state index contributed by atoms with van der Waals surface area (Å²) in [5, 5.41) is 0. The first-order valence-corrected chi connectivity index (χ1v) is 14.8. The minimum absolute atomic E-state index is 0.226. The number of hydrogen-bond acceptors (Lipinski definition) is 2. The van der Waals surface area contributed by atoms with Gasteiger partial charge in [-0.1, -0.05) is 91.1 Å². The van der Waals surface area contributed by atoms with E-state index in [0.717, 1.165) is 23.5 Å². The first kappa shape index (κ1) is 24.8. The standard InChI is InChI=1S/C35H30NS2/c1-38-35(37)31-19-11-18-30-32(27-14-7-3-8-15-27)24-33(28-16-9-4-10-17-28)36(34(30)31)29-22-20-26(21-23-29)25-12-5-2-6-13-25/h2-10,12-17,20-24,31H,11,18-19H2,1H3/q+1. The monoisotopic (exact) mass is 528 g/mol. The van der Waals surface area contributed by atoms with Gasteiger partial charge in [-0.05, 0) is 72.0 Å². The molecule has 1 unspecified atom stereocenters. The third-order valence-electron chi connectivity index (χ3n) is 7.52. The molecule has 4 aromatic carbocycles. The van der Waals surface area contributed by atoms with Crippen LogP contribution >= 0.6 is 24.0 Å². The van der Waals surface area contributed by atoms with Gasteiger partial charge in [-0.3, -0.25) is 0 Å². The third kappa shape index (κ3) is 4.73. The second kappa shape index (κ2) is 11.1. The Morgan fingerprint density at radius 2 is 1.26 bits per heavy atom. The molecular weight excluding hydrogens is 499 g/mol. The summed E-state index contributed by atoms with van der Waals surface area (Å²) in [6.45, 7) is 0. The zero-order valence-electron chi connectivity index (χ0n) is 21.5. The molecule has 5 aromatic rings. The SMILES string of the molecule is CSC(=S)C1CCCc2c(-c3ccccc3)cc(-c3ccccc3)[n+](-c3ccc(-c4ccccc4)cc3)c21. The maximum atomic E-state index is 6.02. The van der Waals surface area contributed by atoms with Gasteiger partial charge in [0.25, 0.3) is 0 Å². The van der Waals surface area contributed by atoms with E-state index in [1.807, 2.05) is 0 Å². The quantitative estimate of drug-likeness (QED) is 0.165. The Bertz CT molecular complexity index is 1560. The third-order valence-corrected chi connectivity index (χ3v) is 8.99. The van der Waals surface area contributed by atoms with Gasteiger partial charge in [0.15, 0.2) is 0 Å². The van der Waals surface area contributed by atoms with Crippen molar-refractivity contribution in [3.8, 4) is 39.2 Å². The summed E-state index contributed by atoms with van der Waals surface area (Å²) in [7, 11) is 0. The van der Waals surface area contributed by atoms with Gasteiger partial charge < -0.3 is 0 Å². The number of nitrogens with zero attached hydrogens (tertiary/aromatic N) is 1. The van der Waals surface area contributed by atoms with E-state index in [1.54, 1.807) is 11.8 Å². The van der Waals surface area contributed by atoms with E-state index in [0.29, 0.717) is 0 Å². The number of thiocarbonyl (C=S) groups is 1. The lowest BCUT2D eigenvalue weighted by atomic mass is 9.82. The average molecular weight is 529 g/mol. The summed E-state index contributed by atoms with van der Waals surface area (Å²) in [5.41, 5.74) is 11.4. The van der Waals surface area contributed by atoms with Crippen molar-refractivity contribution in [2.75, 3.05) is 6.26 Å². The predicted octanol–water partition coefficient (Wildman–Crippen LogP) is 9.07. The molecule has 0 spiro atoms. The van der Waals surface area contributed by atoms with Crippen LogP contribution < -0.4 is 4.57 Å². The Labute approximate surface area is 235 Å². The summed E-state index contributed by atoms with van der Waals surface area (Å²) >= 11 is 7.74. The highest BCUT2D eigenvalue weighted by Gasteiger charge is 2.37. The number of pyridine rings is 1. The van der Waals surface area contributed by atoms with Crippen molar-refractivity contribution in [1.82, 2.24) is 0 Å². The number of thioether (sulfide) groups is 1. The molecule has 38 heavy (non-hydrogen) atoms. The molecule has 0 amide bonds. The highest BCUT2D eigenvalue weighted by Crippen LogP contribution is 2.41. The van der Waals surface area contributed by atoms with Gasteiger partial charge in [-0.15, -0.1) is 11.8 Å². The number of fused-ring (bicyclic) bond motifs is 1. The molecule has 6 rings (SSSR count). The minimum atomic E-state index is 0.226. The van der Waals surface area contributed by atoms with E-state index in [9.17, 15) is 0 Å². The van der Waals surface area contributed by atoms with Gasteiger partial charge in [0.05, 0.1) is 10.1 Å². The largest absolute Gasteiger partial charge is 0.219 e. The Morgan fingerprint density at radius 1 is 0.711 bits per heavy atom. The number of hydrogen-bond donors (Lipinski definition) is 0. The molecule has 1 aromatic heterocycles. The molecule has 1 aliphatic carbocycles. The van der Waals surface area contributed by atoms with Gasteiger partial charge in [-0.2, -0.15) is 4.57 Å². The van der Waals surface area contributed by atoms with Gasteiger partial charge >= 0.3 is 0 Å². The van der Waals surface area contributed by atoms with Crippen LogP contribution in [0.2, 0.25) is 0 Å². The second-order valence-electron chi connectivity index (χ2n) is 9.76. The number of rotatable bonds is 5. The summed E-state index contributed by atoms with van der Waals surface area (Å²) < 4.78 is 3.57. The lowest BCUT2D eigenvalue weighted by Crippen LogP contribution is -2.43. The molecule has 0 saturated heterocycles. The Balaban J connectivity index is 1.65. The summed E-state index contributed by atoms with van der Waals surface area (Å²) in [6.07, 6.45) is 5.41. The lowest BCUT2D eigenvalue weighted by Gasteiger charge is -2.26. The molecular formula is C35H30NS2+. The normalized spacial score (nSPS) is 14.6. The highest BCUT2D eigenvalue weighted by molar-refractivity contribution is 8.22. The molecule has 1 heterocycles. The molecule has 1 aliphatic rings. The fourth-order valence-electron chi connectivity index (χ4n) is 5.72. The fraction of sp³-hybridized carbons (Fsp3) is 0.143. The molecule has 0 aliphatic heterocycles. The van der Waals surface area contributed by atoms with E-state index in [1.165, 1.54) is 50.5 Å². The summed E-state index contributed by atoms with van der Waals surface area (Å²) in [6, 6.07) is 43.6. The number of aromatic nitrogens is 1. The van der Waals surface area contributed by atoms with Crippen molar-refractivity contribution in [1.29, 1.82) is 0 Å². The highest BCUT2D eigenvalue weighted by atomic mass is 32.2. The van der Waals surface area contributed by atoms with Crippen LogP contribution in [0, 0.1) is 0 Å². The molecule has 1 nitrogen and oxygen atoms in total. The molecule has 0 fully saturated rings. The first-order valence-electron chi connectivity index (χ1n) is 13.2. The lowest BCUT2D eigenvalue weighted by molar-refractivity contribution is -0.594. The molecule has 0 radical (unpaired) electrons. The molecule has 0 N–H and O–H groups in total. The van der Waals surface area contributed by atoms with Gasteiger partial charge in [0.2, 0.25) is 17.1 Å². The van der Waals surface area contributed by atoms with Gasteiger partial charge in [0, 0.05) is 29.3 Å². The summed E-state index contributed by atoms with van der Waals surface area (Å²) in [4.78, 5) is 0. The zero-order chi connectivity index (χ0) is 25.9. The van der Waals surface area contributed by atoms with Crippen LogP contribution in [-0.2, 0) is 6.42 Å². The van der Waals surface area contributed by atoms with Gasteiger partial charge in [-0.25, -0.2) is 0 Å². The van der Waals surface area contributed by atoms with E-state index in [-0.39, 0.29) is 5.92 Å². The predicted molar refractivity (Wildman–Crippen MR) is 166 cm³/mol. The van der Waals surface area contributed by atoms with Crippen LogP contribution in [0.25, 0.3) is 39.2 Å². The maximum Gasteiger partial charge on any atom is 0.219 e.